The summed E-state index contributed by atoms with van der Waals surface area (Å²) >= 11 is 0. The average molecular weight is 277 g/mol. The first-order valence-corrected chi connectivity index (χ1v) is 7.29. The summed E-state index contributed by atoms with van der Waals surface area (Å²) in [6.45, 7) is 1.69. The molecule has 0 radical (unpaired) electrons. The molecule has 1 aromatic carbocycles. The highest BCUT2D eigenvalue weighted by atomic mass is 16.6. The Labute approximate surface area is 119 Å². The van der Waals surface area contributed by atoms with Crippen molar-refractivity contribution >= 4 is 0 Å². The Morgan fingerprint density at radius 1 is 1.30 bits per heavy atom. The van der Waals surface area contributed by atoms with Crippen molar-refractivity contribution in [1.82, 2.24) is 5.32 Å². The van der Waals surface area contributed by atoms with Crippen LogP contribution in [0.3, 0.4) is 0 Å². The van der Waals surface area contributed by atoms with E-state index in [1.807, 2.05) is 30.3 Å². The topological polar surface area (TPSA) is 81.2 Å². The van der Waals surface area contributed by atoms with Gasteiger partial charge in [0.2, 0.25) is 6.04 Å². The molecular formula is C15H23N3O2. The minimum Gasteiger partial charge on any atom is -0.316 e. The van der Waals surface area contributed by atoms with Crippen molar-refractivity contribution < 1.29 is 4.92 Å². The highest BCUT2D eigenvalue weighted by Crippen LogP contribution is 2.29. The third kappa shape index (κ3) is 3.55. The predicted molar refractivity (Wildman–Crippen MR) is 79.0 cm³/mol. The van der Waals surface area contributed by atoms with Gasteiger partial charge in [0, 0.05) is 17.9 Å². The Hall–Kier alpha value is -1.46. The number of nitro groups is 1. The quantitative estimate of drug-likeness (QED) is 0.653. The van der Waals surface area contributed by atoms with E-state index in [2.05, 4.69) is 5.32 Å². The van der Waals surface area contributed by atoms with E-state index < -0.39 is 6.04 Å². The molecule has 5 nitrogen and oxygen atoms in total. The zero-order valence-electron chi connectivity index (χ0n) is 11.9. The molecule has 1 saturated heterocycles. The third-order valence-corrected chi connectivity index (χ3v) is 4.18. The Kier molecular flexibility index (Phi) is 5.09. The molecule has 1 aliphatic rings. The minimum absolute atomic E-state index is 0.0623. The number of hydrogen-bond donors (Lipinski definition) is 2. The van der Waals surface area contributed by atoms with E-state index in [9.17, 15) is 10.1 Å². The number of hydrogen-bond acceptors (Lipinski definition) is 4. The van der Waals surface area contributed by atoms with Crippen molar-refractivity contribution in [1.29, 1.82) is 0 Å². The van der Waals surface area contributed by atoms with E-state index in [1.165, 1.54) is 0 Å². The van der Waals surface area contributed by atoms with Crippen LogP contribution >= 0.6 is 0 Å². The van der Waals surface area contributed by atoms with Gasteiger partial charge in [0.15, 0.2) is 0 Å². The molecule has 3 N–H and O–H groups in total. The molecule has 4 atom stereocenters. The van der Waals surface area contributed by atoms with Gasteiger partial charge in [-0.15, -0.1) is 0 Å². The molecule has 4 unspecified atom stereocenters. The lowest BCUT2D eigenvalue weighted by Crippen LogP contribution is -2.48. The molecule has 110 valence electrons. The Morgan fingerprint density at radius 3 is 2.60 bits per heavy atom. The number of benzene rings is 1. The Balaban J connectivity index is 2.28. The lowest BCUT2D eigenvalue weighted by molar-refractivity contribution is -0.523. The van der Waals surface area contributed by atoms with Gasteiger partial charge in [0.25, 0.3) is 0 Å². The largest absolute Gasteiger partial charge is 0.316 e. The van der Waals surface area contributed by atoms with E-state index in [-0.39, 0.29) is 23.0 Å². The van der Waals surface area contributed by atoms with Crippen LogP contribution in [0, 0.1) is 10.1 Å². The monoisotopic (exact) mass is 277 g/mol. The summed E-state index contributed by atoms with van der Waals surface area (Å²) in [6, 6.07) is 9.20. The molecule has 1 fully saturated rings. The normalized spacial score (nSPS) is 26.5. The van der Waals surface area contributed by atoms with Crippen LogP contribution < -0.4 is 11.1 Å². The molecule has 0 saturated carbocycles. The fraction of sp³-hybridized carbons (Fsp3) is 0.600. The van der Waals surface area contributed by atoms with Crippen molar-refractivity contribution in [2.45, 2.75) is 56.8 Å². The van der Waals surface area contributed by atoms with Crippen molar-refractivity contribution in [3.05, 3.63) is 46.0 Å². The predicted octanol–water partition coefficient (Wildman–Crippen LogP) is 2.25. The van der Waals surface area contributed by atoms with E-state index in [4.69, 9.17) is 5.73 Å². The molecule has 0 bridgehead atoms. The van der Waals surface area contributed by atoms with Gasteiger partial charge in [-0.25, -0.2) is 0 Å². The van der Waals surface area contributed by atoms with Crippen LogP contribution in [-0.4, -0.2) is 23.2 Å². The highest BCUT2D eigenvalue weighted by Gasteiger charge is 2.36. The van der Waals surface area contributed by atoms with Crippen molar-refractivity contribution in [2.24, 2.45) is 5.73 Å². The van der Waals surface area contributed by atoms with Gasteiger partial charge >= 0.3 is 0 Å². The number of nitrogens with two attached hydrogens (primary N) is 1. The van der Waals surface area contributed by atoms with Gasteiger partial charge in [0.1, 0.15) is 0 Å². The summed E-state index contributed by atoms with van der Waals surface area (Å²) < 4.78 is 0. The molecule has 1 aromatic rings. The smallest absolute Gasteiger partial charge is 0.218 e. The van der Waals surface area contributed by atoms with Crippen LogP contribution in [0.25, 0.3) is 0 Å². The number of rotatable bonds is 4. The lowest BCUT2D eigenvalue weighted by atomic mass is 9.84. The lowest BCUT2D eigenvalue weighted by Gasteiger charge is -2.29. The highest BCUT2D eigenvalue weighted by molar-refractivity contribution is 5.22. The van der Waals surface area contributed by atoms with E-state index >= 15 is 0 Å². The summed E-state index contributed by atoms with van der Waals surface area (Å²) in [6.07, 6.45) is 3.96. The average Bonchev–Trinajstić information content (AvgIpc) is 2.65. The first kappa shape index (κ1) is 14.9. The summed E-state index contributed by atoms with van der Waals surface area (Å²) in [7, 11) is 0. The summed E-state index contributed by atoms with van der Waals surface area (Å²) in [4.78, 5) is 11.1. The van der Waals surface area contributed by atoms with E-state index in [1.54, 1.807) is 6.92 Å². The number of nitrogens with one attached hydrogen (secondary N) is 1. The molecule has 1 heterocycles. The molecule has 0 amide bonds. The van der Waals surface area contributed by atoms with Crippen LogP contribution in [-0.2, 0) is 0 Å². The fourth-order valence-corrected chi connectivity index (χ4v) is 3.11. The van der Waals surface area contributed by atoms with Crippen LogP contribution in [0.2, 0.25) is 0 Å². The third-order valence-electron chi connectivity index (χ3n) is 4.18. The molecule has 20 heavy (non-hydrogen) atoms. The van der Waals surface area contributed by atoms with Crippen molar-refractivity contribution in [3.8, 4) is 0 Å². The van der Waals surface area contributed by atoms with Crippen LogP contribution in [0.5, 0.6) is 0 Å². The summed E-state index contributed by atoms with van der Waals surface area (Å²) in [5.74, 6) is -0.143. The summed E-state index contributed by atoms with van der Waals surface area (Å²) in [5, 5.41) is 14.7. The molecule has 0 spiro atoms. The van der Waals surface area contributed by atoms with Crippen LogP contribution in [0.1, 0.15) is 44.1 Å². The van der Waals surface area contributed by atoms with Crippen molar-refractivity contribution in [2.75, 3.05) is 0 Å². The SMILES string of the molecule is CC(C(c1ccccc1)C1CCCCC(N)N1)[N+](=O)[O-]. The van der Waals surface area contributed by atoms with Gasteiger partial charge in [-0.3, -0.25) is 15.4 Å². The maximum atomic E-state index is 11.3. The molecule has 0 aliphatic carbocycles. The molecule has 0 aromatic heterocycles. The van der Waals surface area contributed by atoms with Gasteiger partial charge < -0.3 is 5.73 Å². The van der Waals surface area contributed by atoms with E-state index in [0.717, 1.165) is 31.2 Å². The zero-order chi connectivity index (χ0) is 14.5. The van der Waals surface area contributed by atoms with Crippen LogP contribution in [0.4, 0.5) is 0 Å². The zero-order valence-corrected chi connectivity index (χ0v) is 11.9. The second-order valence-electron chi connectivity index (χ2n) is 5.63. The van der Waals surface area contributed by atoms with Gasteiger partial charge in [-0.1, -0.05) is 43.2 Å². The fourth-order valence-electron chi connectivity index (χ4n) is 3.11. The molecule has 1 aliphatic heterocycles. The second kappa shape index (κ2) is 6.81. The van der Waals surface area contributed by atoms with Crippen LogP contribution in [0.15, 0.2) is 30.3 Å². The maximum Gasteiger partial charge on any atom is 0.218 e. The Morgan fingerprint density at radius 2 is 1.95 bits per heavy atom. The summed E-state index contributed by atoms with van der Waals surface area (Å²) in [5.41, 5.74) is 7.05. The van der Waals surface area contributed by atoms with E-state index in [0.29, 0.717) is 0 Å². The number of nitrogens with zero attached hydrogens (tertiary/aromatic N) is 1. The first-order chi connectivity index (χ1) is 9.59. The van der Waals surface area contributed by atoms with Gasteiger partial charge in [-0.2, -0.15) is 0 Å². The van der Waals surface area contributed by atoms with Gasteiger partial charge in [-0.05, 0) is 18.4 Å². The first-order valence-electron chi connectivity index (χ1n) is 7.29. The Bertz CT molecular complexity index is 438. The molecule has 2 rings (SSSR count). The molecular weight excluding hydrogens is 254 g/mol. The minimum atomic E-state index is -0.625. The maximum absolute atomic E-state index is 11.3. The van der Waals surface area contributed by atoms with Gasteiger partial charge in [0.05, 0.1) is 12.1 Å². The second-order valence-corrected chi connectivity index (χ2v) is 5.63. The van der Waals surface area contributed by atoms with Crippen molar-refractivity contribution in [3.63, 3.8) is 0 Å². The standard InChI is InChI=1S/C15H23N3O2/c1-11(18(19)20)15(12-7-3-2-4-8-12)13-9-5-6-10-14(16)17-13/h2-4,7-8,11,13-15,17H,5-6,9-10,16H2,1H3. The molecule has 5 heteroatoms.